The molecule has 2 N–H and O–H groups in total. The first-order valence-electron chi connectivity index (χ1n) is 7.59. The van der Waals surface area contributed by atoms with Gasteiger partial charge in [0.2, 0.25) is 0 Å². The number of hydrogen-bond acceptors (Lipinski definition) is 2. The number of hydrogen-bond donors (Lipinski definition) is 1. The molecule has 1 saturated carbocycles. The Labute approximate surface area is 118 Å². The Morgan fingerprint density at radius 2 is 1.89 bits per heavy atom. The lowest BCUT2D eigenvalue weighted by atomic mass is 9.80. The molecule has 0 spiro atoms. The second-order valence-corrected chi connectivity index (χ2v) is 6.58. The number of nitrogens with two attached hydrogens (primary N) is 1. The average Bonchev–Trinajstić information content (AvgIpc) is 3.22. The summed E-state index contributed by atoms with van der Waals surface area (Å²) >= 11 is 0. The molecule has 2 rings (SSSR count). The van der Waals surface area contributed by atoms with E-state index in [-0.39, 0.29) is 11.5 Å². The van der Waals surface area contributed by atoms with Crippen LogP contribution in [0.5, 0.6) is 0 Å². The Hall–Kier alpha value is -0.860. The van der Waals surface area contributed by atoms with Crippen molar-refractivity contribution < 1.29 is 0 Å². The molecule has 0 amide bonds. The minimum atomic E-state index is 0.104. The third kappa shape index (κ3) is 3.80. The van der Waals surface area contributed by atoms with E-state index in [1.165, 1.54) is 31.4 Å². The van der Waals surface area contributed by atoms with Crippen molar-refractivity contribution in [2.24, 2.45) is 11.1 Å². The summed E-state index contributed by atoms with van der Waals surface area (Å²) in [7, 11) is 0. The molecule has 1 fully saturated rings. The third-order valence-electron chi connectivity index (χ3n) is 4.19. The molecular weight excluding hydrogens is 232 g/mol. The van der Waals surface area contributed by atoms with Crippen LogP contribution in [0.15, 0.2) is 30.3 Å². The fraction of sp³-hybridized carbons (Fsp3) is 0.647. The van der Waals surface area contributed by atoms with Crippen molar-refractivity contribution in [2.75, 3.05) is 13.1 Å². The molecule has 2 heteroatoms. The molecule has 0 bridgehead atoms. The number of benzene rings is 1. The van der Waals surface area contributed by atoms with Crippen LogP contribution in [0.25, 0.3) is 0 Å². The van der Waals surface area contributed by atoms with E-state index >= 15 is 0 Å². The van der Waals surface area contributed by atoms with Crippen molar-refractivity contribution in [1.29, 1.82) is 0 Å². The summed E-state index contributed by atoms with van der Waals surface area (Å²) in [6.07, 6.45) is 3.97. The van der Waals surface area contributed by atoms with Gasteiger partial charge in [0, 0.05) is 18.6 Å². The fourth-order valence-corrected chi connectivity index (χ4v) is 2.85. The zero-order valence-corrected chi connectivity index (χ0v) is 12.6. The van der Waals surface area contributed by atoms with E-state index in [9.17, 15) is 0 Å². The van der Waals surface area contributed by atoms with Crippen molar-refractivity contribution >= 4 is 0 Å². The van der Waals surface area contributed by atoms with Gasteiger partial charge in [0.05, 0.1) is 0 Å². The van der Waals surface area contributed by atoms with Crippen LogP contribution in [0.4, 0.5) is 0 Å². The lowest BCUT2D eigenvalue weighted by Gasteiger charge is -2.37. The Morgan fingerprint density at radius 1 is 1.26 bits per heavy atom. The SMILES string of the molecule is CCCN(CC(C)(C)C(N)c1ccccc1)C1CC1. The maximum absolute atomic E-state index is 6.51. The first kappa shape index (κ1) is 14.5. The highest BCUT2D eigenvalue weighted by Gasteiger charge is 2.35. The van der Waals surface area contributed by atoms with Gasteiger partial charge in [-0.1, -0.05) is 51.1 Å². The summed E-state index contributed by atoms with van der Waals surface area (Å²) in [6.45, 7) is 9.17. The van der Waals surface area contributed by atoms with E-state index in [4.69, 9.17) is 5.73 Å². The average molecular weight is 260 g/mol. The lowest BCUT2D eigenvalue weighted by Crippen LogP contribution is -2.42. The van der Waals surface area contributed by atoms with Gasteiger partial charge < -0.3 is 5.73 Å². The molecule has 19 heavy (non-hydrogen) atoms. The number of nitrogens with zero attached hydrogens (tertiary/aromatic N) is 1. The molecule has 0 aromatic heterocycles. The molecular formula is C17H28N2. The van der Waals surface area contributed by atoms with Gasteiger partial charge in [-0.25, -0.2) is 0 Å². The molecule has 2 nitrogen and oxygen atoms in total. The minimum absolute atomic E-state index is 0.104. The molecule has 1 aliphatic carbocycles. The van der Waals surface area contributed by atoms with E-state index in [1.807, 2.05) is 0 Å². The van der Waals surface area contributed by atoms with Gasteiger partial charge in [-0.2, -0.15) is 0 Å². The largest absolute Gasteiger partial charge is 0.323 e. The molecule has 1 aromatic rings. The van der Waals surface area contributed by atoms with Gasteiger partial charge in [-0.3, -0.25) is 4.90 Å². The first-order chi connectivity index (χ1) is 9.04. The zero-order valence-electron chi connectivity index (χ0n) is 12.6. The van der Waals surface area contributed by atoms with Crippen molar-refractivity contribution in [3.63, 3.8) is 0 Å². The predicted molar refractivity (Wildman–Crippen MR) is 82.0 cm³/mol. The maximum Gasteiger partial charge on any atom is 0.0359 e. The Kier molecular flexibility index (Phi) is 4.64. The van der Waals surface area contributed by atoms with Gasteiger partial charge in [-0.05, 0) is 36.8 Å². The van der Waals surface area contributed by atoms with Gasteiger partial charge in [0.1, 0.15) is 0 Å². The Bertz CT molecular complexity index is 382. The van der Waals surface area contributed by atoms with E-state index in [0.29, 0.717) is 0 Å². The van der Waals surface area contributed by atoms with E-state index in [1.54, 1.807) is 0 Å². The third-order valence-corrected chi connectivity index (χ3v) is 4.19. The topological polar surface area (TPSA) is 29.3 Å². The van der Waals surface area contributed by atoms with Crippen molar-refractivity contribution in [1.82, 2.24) is 4.90 Å². The van der Waals surface area contributed by atoms with Crippen molar-refractivity contribution in [2.45, 2.75) is 52.1 Å². The normalized spacial score (nSPS) is 17.7. The van der Waals surface area contributed by atoms with Gasteiger partial charge in [-0.15, -0.1) is 0 Å². The van der Waals surface area contributed by atoms with E-state index < -0.39 is 0 Å². The van der Waals surface area contributed by atoms with Crippen LogP contribution < -0.4 is 5.73 Å². The van der Waals surface area contributed by atoms with E-state index in [0.717, 1.165) is 12.6 Å². The highest BCUT2D eigenvalue weighted by atomic mass is 15.2. The van der Waals surface area contributed by atoms with Crippen LogP contribution in [0.3, 0.4) is 0 Å². The fourth-order valence-electron chi connectivity index (χ4n) is 2.85. The van der Waals surface area contributed by atoms with Crippen LogP contribution in [-0.4, -0.2) is 24.0 Å². The van der Waals surface area contributed by atoms with Crippen LogP contribution in [0.2, 0.25) is 0 Å². The number of rotatable bonds is 7. The lowest BCUT2D eigenvalue weighted by molar-refractivity contribution is 0.145. The molecule has 1 aromatic carbocycles. The van der Waals surface area contributed by atoms with Crippen LogP contribution in [0, 0.1) is 5.41 Å². The monoisotopic (exact) mass is 260 g/mol. The minimum Gasteiger partial charge on any atom is -0.323 e. The maximum atomic E-state index is 6.51. The van der Waals surface area contributed by atoms with Gasteiger partial charge in [0.15, 0.2) is 0 Å². The molecule has 1 aliphatic rings. The van der Waals surface area contributed by atoms with Crippen LogP contribution in [-0.2, 0) is 0 Å². The summed E-state index contributed by atoms with van der Waals surface area (Å²) in [4.78, 5) is 2.64. The summed E-state index contributed by atoms with van der Waals surface area (Å²) in [6, 6.07) is 11.4. The standard InChI is InChI=1S/C17H28N2/c1-4-12-19(15-10-11-15)13-17(2,3)16(18)14-8-6-5-7-9-14/h5-9,15-16H,4,10-13,18H2,1-3H3. The highest BCUT2D eigenvalue weighted by Crippen LogP contribution is 2.36. The Morgan fingerprint density at radius 3 is 2.42 bits per heavy atom. The zero-order chi connectivity index (χ0) is 13.9. The molecule has 0 aliphatic heterocycles. The second-order valence-electron chi connectivity index (χ2n) is 6.58. The molecule has 0 radical (unpaired) electrons. The predicted octanol–water partition coefficient (Wildman–Crippen LogP) is 3.59. The van der Waals surface area contributed by atoms with Crippen molar-refractivity contribution in [3.8, 4) is 0 Å². The Balaban J connectivity index is 2.03. The van der Waals surface area contributed by atoms with Crippen LogP contribution >= 0.6 is 0 Å². The molecule has 1 atom stereocenters. The second kappa shape index (κ2) is 6.06. The first-order valence-corrected chi connectivity index (χ1v) is 7.59. The van der Waals surface area contributed by atoms with Gasteiger partial charge in [0.25, 0.3) is 0 Å². The molecule has 0 heterocycles. The van der Waals surface area contributed by atoms with Crippen LogP contribution in [0.1, 0.15) is 51.6 Å². The summed E-state index contributed by atoms with van der Waals surface area (Å²) in [5, 5.41) is 0. The molecule has 106 valence electrons. The summed E-state index contributed by atoms with van der Waals surface area (Å²) in [5.41, 5.74) is 7.87. The molecule has 1 unspecified atom stereocenters. The highest BCUT2D eigenvalue weighted by molar-refractivity contribution is 5.20. The smallest absolute Gasteiger partial charge is 0.0359 e. The van der Waals surface area contributed by atoms with E-state index in [2.05, 4.69) is 56.0 Å². The molecule has 0 saturated heterocycles. The van der Waals surface area contributed by atoms with Gasteiger partial charge >= 0.3 is 0 Å². The summed E-state index contributed by atoms with van der Waals surface area (Å²) < 4.78 is 0. The summed E-state index contributed by atoms with van der Waals surface area (Å²) in [5.74, 6) is 0. The quantitative estimate of drug-likeness (QED) is 0.812. The van der Waals surface area contributed by atoms with Crippen molar-refractivity contribution in [3.05, 3.63) is 35.9 Å².